The van der Waals surface area contributed by atoms with Gasteiger partial charge in [0.1, 0.15) is 0 Å². The largest absolute Gasteiger partial charge is 0.379 e. The summed E-state index contributed by atoms with van der Waals surface area (Å²) in [5.74, 6) is 0. The normalized spacial score (nSPS) is 16.6. The average Bonchev–Trinajstić information content (AvgIpc) is 2.89. The standard InChI is InChI=1S/C15H17N3O/c16-12-13-2-1-3-15-14(13)4-5-18(15)7-6-17-8-10-19-11-9-17/h1-5H,6-11H2. The molecular weight excluding hydrogens is 238 g/mol. The second-order valence-corrected chi connectivity index (χ2v) is 4.81. The van der Waals surface area contributed by atoms with Gasteiger partial charge in [-0.3, -0.25) is 4.90 Å². The third-order valence-electron chi connectivity index (χ3n) is 3.69. The van der Waals surface area contributed by atoms with Gasteiger partial charge in [-0.15, -0.1) is 0 Å². The lowest BCUT2D eigenvalue weighted by atomic mass is 10.1. The number of nitriles is 1. The lowest BCUT2D eigenvalue weighted by Crippen LogP contribution is -2.38. The van der Waals surface area contributed by atoms with Gasteiger partial charge in [0.2, 0.25) is 0 Å². The van der Waals surface area contributed by atoms with Gasteiger partial charge in [-0.1, -0.05) is 6.07 Å². The van der Waals surface area contributed by atoms with Crippen LogP contribution in [-0.2, 0) is 11.3 Å². The molecule has 4 heteroatoms. The molecule has 4 nitrogen and oxygen atoms in total. The maximum atomic E-state index is 9.10. The van der Waals surface area contributed by atoms with E-state index in [2.05, 4.69) is 27.8 Å². The summed E-state index contributed by atoms with van der Waals surface area (Å²) in [5.41, 5.74) is 1.90. The lowest BCUT2D eigenvalue weighted by Gasteiger charge is -2.26. The van der Waals surface area contributed by atoms with E-state index in [0.717, 1.165) is 55.9 Å². The molecule has 0 radical (unpaired) electrons. The minimum atomic E-state index is 0.752. The van der Waals surface area contributed by atoms with Gasteiger partial charge in [-0.25, -0.2) is 0 Å². The highest BCUT2D eigenvalue weighted by Gasteiger charge is 2.11. The minimum absolute atomic E-state index is 0.752. The van der Waals surface area contributed by atoms with E-state index < -0.39 is 0 Å². The van der Waals surface area contributed by atoms with E-state index in [-0.39, 0.29) is 0 Å². The number of aromatic nitrogens is 1. The van der Waals surface area contributed by atoms with Crippen LogP contribution >= 0.6 is 0 Å². The quantitative estimate of drug-likeness (QED) is 0.840. The molecule has 1 aliphatic rings. The molecule has 2 aromatic rings. The molecule has 0 atom stereocenters. The third kappa shape index (κ3) is 2.48. The molecule has 1 fully saturated rings. The van der Waals surface area contributed by atoms with Crippen LogP contribution in [0.25, 0.3) is 10.9 Å². The summed E-state index contributed by atoms with van der Waals surface area (Å²) in [7, 11) is 0. The van der Waals surface area contributed by atoms with Crippen molar-refractivity contribution in [3.63, 3.8) is 0 Å². The van der Waals surface area contributed by atoms with Crippen LogP contribution in [0.4, 0.5) is 0 Å². The monoisotopic (exact) mass is 255 g/mol. The molecule has 0 aliphatic carbocycles. The second kappa shape index (κ2) is 5.43. The Balaban J connectivity index is 1.76. The molecule has 0 spiro atoms. The molecule has 0 amide bonds. The zero-order valence-corrected chi connectivity index (χ0v) is 10.9. The Labute approximate surface area is 112 Å². The SMILES string of the molecule is N#Cc1cccc2c1ccn2CCN1CCOCC1. The van der Waals surface area contributed by atoms with Crippen molar-refractivity contribution in [1.82, 2.24) is 9.47 Å². The van der Waals surface area contributed by atoms with Crippen molar-refractivity contribution in [2.45, 2.75) is 6.54 Å². The first kappa shape index (κ1) is 12.2. The number of rotatable bonds is 3. The third-order valence-corrected chi connectivity index (χ3v) is 3.69. The van der Waals surface area contributed by atoms with Crippen molar-refractivity contribution in [3.8, 4) is 6.07 Å². The molecule has 1 aliphatic heterocycles. The van der Waals surface area contributed by atoms with Gasteiger partial charge in [-0.2, -0.15) is 5.26 Å². The Morgan fingerprint density at radius 1 is 1.16 bits per heavy atom. The first-order valence-electron chi connectivity index (χ1n) is 6.66. The first-order valence-corrected chi connectivity index (χ1v) is 6.66. The van der Waals surface area contributed by atoms with Crippen LogP contribution in [-0.4, -0.2) is 42.3 Å². The van der Waals surface area contributed by atoms with Crippen LogP contribution in [0.5, 0.6) is 0 Å². The Hall–Kier alpha value is -1.83. The van der Waals surface area contributed by atoms with Crippen LogP contribution in [0.15, 0.2) is 30.5 Å². The van der Waals surface area contributed by atoms with Crippen molar-refractivity contribution in [2.24, 2.45) is 0 Å². The van der Waals surface area contributed by atoms with E-state index in [1.165, 1.54) is 0 Å². The van der Waals surface area contributed by atoms with Gasteiger partial charge in [0.15, 0.2) is 0 Å². The molecular formula is C15H17N3O. The fourth-order valence-electron chi connectivity index (χ4n) is 2.59. The molecule has 0 bridgehead atoms. The number of morpholine rings is 1. The van der Waals surface area contributed by atoms with Crippen molar-refractivity contribution in [3.05, 3.63) is 36.0 Å². The summed E-state index contributed by atoms with van der Waals surface area (Å²) >= 11 is 0. The maximum Gasteiger partial charge on any atom is 0.0998 e. The van der Waals surface area contributed by atoms with Gasteiger partial charge in [0.25, 0.3) is 0 Å². The van der Waals surface area contributed by atoms with Crippen LogP contribution < -0.4 is 0 Å². The van der Waals surface area contributed by atoms with Gasteiger partial charge in [0.05, 0.1) is 24.8 Å². The Bertz CT molecular complexity index is 605. The number of hydrogen-bond acceptors (Lipinski definition) is 3. The Morgan fingerprint density at radius 2 is 2.00 bits per heavy atom. The minimum Gasteiger partial charge on any atom is -0.379 e. The van der Waals surface area contributed by atoms with Gasteiger partial charge < -0.3 is 9.30 Å². The Kier molecular flexibility index (Phi) is 3.49. The van der Waals surface area contributed by atoms with E-state index in [1.54, 1.807) is 0 Å². The molecule has 2 heterocycles. The maximum absolute atomic E-state index is 9.10. The summed E-state index contributed by atoms with van der Waals surface area (Å²) in [6, 6.07) is 10.2. The van der Waals surface area contributed by atoms with Crippen LogP contribution in [0.1, 0.15) is 5.56 Å². The average molecular weight is 255 g/mol. The molecule has 1 aromatic heterocycles. The molecule has 3 rings (SSSR count). The topological polar surface area (TPSA) is 41.2 Å². The lowest BCUT2D eigenvalue weighted by molar-refractivity contribution is 0.0365. The highest BCUT2D eigenvalue weighted by atomic mass is 16.5. The number of benzene rings is 1. The van der Waals surface area contributed by atoms with Gasteiger partial charge in [-0.05, 0) is 18.2 Å². The zero-order chi connectivity index (χ0) is 13.1. The predicted octanol–water partition coefficient (Wildman–Crippen LogP) is 1.85. The van der Waals surface area contributed by atoms with Crippen LogP contribution in [0.2, 0.25) is 0 Å². The second-order valence-electron chi connectivity index (χ2n) is 4.81. The predicted molar refractivity (Wildman–Crippen MR) is 73.9 cm³/mol. The molecule has 1 aromatic carbocycles. The van der Waals surface area contributed by atoms with Crippen molar-refractivity contribution in [2.75, 3.05) is 32.8 Å². The van der Waals surface area contributed by atoms with Crippen molar-refractivity contribution in [1.29, 1.82) is 5.26 Å². The smallest absolute Gasteiger partial charge is 0.0998 e. The molecule has 0 saturated carbocycles. The van der Waals surface area contributed by atoms with Gasteiger partial charge >= 0.3 is 0 Å². The highest BCUT2D eigenvalue weighted by molar-refractivity contribution is 5.85. The van der Waals surface area contributed by atoms with Crippen LogP contribution in [0.3, 0.4) is 0 Å². The summed E-state index contributed by atoms with van der Waals surface area (Å²) < 4.78 is 7.58. The number of hydrogen-bond donors (Lipinski definition) is 0. The number of ether oxygens (including phenoxy) is 1. The summed E-state index contributed by atoms with van der Waals surface area (Å²) in [5, 5.41) is 10.1. The number of fused-ring (bicyclic) bond motifs is 1. The van der Waals surface area contributed by atoms with E-state index in [9.17, 15) is 0 Å². The summed E-state index contributed by atoms with van der Waals surface area (Å²) in [4.78, 5) is 2.42. The van der Waals surface area contributed by atoms with E-state index in [1.807, 2.05) is 18.2 Å². The fourth-order valence-corrected chi connectivity index (χ4v) is 2.59. The fraction of sp³-hybridized carbons (Fsp3) is 0.400. The summed E-state index contributed by atoms with van der Waals surface area (Å²) in [6.45, 7) is 5.70. The molecule has 98 valence electrons. The van der Waals surface area contributed by atoms with Crippen molar-refractivity contribution < 1.29 is 4.74 Å². The first-order chi connectivity index (χ1) is 9.38. The molecule has 1 saturated heterocycles. The van der Waals surface area contributed by atoms with E-state index in [4.69, 9.17) is 10.00 Å². The molecule has 0 unspecified atom stereocenters. The van der Waals surface area contributed by atoms with E-state index >= 15 is 0 Å². The Morgan fingerprint density at radius 3 is 2.79 bits per heavy atom. The molecule has 19 heavy (non-hydrogen) atoms. The van der Waals surface area contributed by atoms with Gasteiger partial charge in [0, 0.05) is 43.3 Å². The van der Waals surface area contributed by atoms with Crippen LogP contribution in [0, 0.1) is 11.3 Å². The summed E-state index contributed by atoms with van der Waals surface area (Å²) in [6.07, 6.45) is 2.08. The highest BCUT2D eigenvalue weighted by Crippen LogP contribution is 2.19. The zero-order valence-electron chi connectivity index (χ0n) is 10.9. The van der Waals surface area contributed by atoms with E-state index in [0.29, 0.717) is 0 Å². The molecule has 0 N–H and O–H groups in total. The number of nitrogens with zero attached hydrogens (tertiary/aromatic N) is 3. The van der Waals surface area contributed by atoms with Crippen molar-refractivity contribution >= 4 is 10.9 Å².